The molecule has 3 aliphatic heterocycles. The van der Waals surface area contributed by atoms with Crippen molar-refractivity contribution in [2.45, 2.75) is 18.6 Å². The second kappa shape index (κ2) is 10.4. The number of carboxylic acids is 1. The van der Waals surface area contributed by atoms with E-state index in [1.807, 2.05) is 19.2 Å². The van der Waals surface area contributed by atoms with Crippen LogP contribution in [0.5, 0.6) is 28.7 Å². The van der Waals surface area contributed by atoms with Gasteiger partial charge in [0, 0.05) is 17.7 Å². The molecule has 3 aliphatic rings. The molecule has 4 heterocycles. The lowest BCUT2D eigenvalue weighted by atomic mass is 9.85. The van der Waals surface area contributed by atoms with Crippen molar-refractivity contribution in [2.24, 2.45) is 0 Å². The molecule has 10 nitrogen and oxygen atoms in total. The molecule has 0 aliphatic carbocycles. The summed E-state index contributed by atoms with van der Waals surface area (Å²) in [5.74, 6) is 1.51. The number of cyclic esters (lactones) is 1. The molecule has 11 heteroatoms. The minimum Gasteiger partial charge on any atom is -0.493 e. The van der Waals surface area contributed by atoms with E-state index in [9.17, 15) is 9.59 Å². The third-order valence-electron chi connectivity index (χ3n) is 6.79. The summed E-state index contributed by atoms with van der Waals surface area (Å²) in [6.07, 6.45) is 0.306. The molecule has 0 saturated carbocycles. The first-order chi connectivity index (χ1) is 18.4. The zero-order chi connectivity index (χ0) is 27.0. The largest absolute Gasteiger partial charge is 0.493 e. The third-order valence-corrected chi connectivity index (χ3v) is 7.65. The van der Waals surface area contributed by atoms with E-state index in [-0.39, 0.29) is 12.8 Å². The molecule has 2 atom stereocenters. The molecule has 0 fully saturated rings. The van der Waals surface area contributed by atoms with Crippen LogP contribution in [-0.2, 0) is 11.2 Å². The predicted molar refractivity (Wildman–Crippen MR) is 137 cm³/mol. The second-order valence-electron chi connectivity index (χ2n) is 8.77. The number of hydrogen-bond acceptors (Lipinski definition) is 10. The number of aromatic carboxylic acids is 1. The van der Waals surface area contributed by atoms with Crippen molar-refractivity contribution in [3.8, 4) is 28.7 Å². The van der Waals surface area contributed by atoms with E-state index in [0.717, 1.165) is 29.7 Å². The Labute approximate surface area is 223 Å². The average molecular weight is 542 g/mol. The zero-order valence-corrected chi connectivity index (χ0v) is 22.1. The van der Waals surface area contributed by atoms with Crippen LogP contribution in [-0.4, -0.2) is 63.7 Å². The summed E-state index contributed by atoms with van der Waals surface area (Å²) in [5.41, 5.74) is 3.23. The number of carbonyl (C=O) groups excluding carboxylic acids is 1. The maximum absolute atomic E-state index is 12.9. The highest BCUT2D eigenvalue weighted by atomic mass is 32.1. The Hall–Kier alpha value is -3.96. The van der Waals surface area contributed by atoms with Gasteiger partial charge in [0.1, 0.15) is 16.5 Å². The lowest BCUT2D eigenvalue weighted by molar-refractivity contribution is 0.00872. The fourth-order valence-corrected chi connectivity index (χ4v) is 5.67. The first-order valence-electron chi connectivity index (χ1n) is 11.8. The minimum absolute atomic E-state index is 0.160. The maximum Gasteiger partial charge on any atom is 0.345 e. The molecule has 200 valence electrons. The monoisotopic (exact) mass is 541 g/mol. The van der Waals surface area contributed by atoms with Gasteiger partial charge in [-0.05, 0) is 42.6 Å². The Kier molecular flexibility index (Phi) is 7.04. The predicted octanol–water partition coefficient (Wildman–Crippen LogP) is 4.33. The summed E-state index contributed by atoms with van der Waals surface area (Å²) >= 11 is 1.23. The fraction of sp³-hybridized carbons (Fsp3) is 0.333. The van der Waals surface area contributed by atoms with Crippen molar-refractivity contribution >= 4 is 23.3 Å². The standard InChI is InChI=1S/C22H23NO7.C5H4O2S/c1-23-8-7-11-9-14-20(29-10-28-14)21(27-4)15(11)17(23)18-12-5-6-13(25-2)19(26-3)16(12)22(24)30-18;6-5(7)4-2-1-3-8-4/h5-6,9,17-18H,7-8,10H2,1-4H3;1-3H,(H,6,7)/t17-,18+;/m1./s1. The molecule has 3 aromatic rings. The van der Waals surface area contributed by atoms with Crippen molar-refractivity contribution in [1.29, 1.82) is 0 Å². The van der Waals surface area contributed by atoms with Gasteiger partial charge in [-0.3, -0.25) is 4.90 Å². The average Bonchev–Trinajstić information content (AvgIpc) is 3.68. The van der Waals surface area contributed by atoms with Crippen LogP contribution in [0.3, 0.4) is 0 Å². The van der Waals surface area contributed by atoms with Crippen LogP contribution in [0.2, 0.25) is 0 Å². The molecular formula is C27H27NO9S. The van der Waals surface area contributed by atoms with E-state index in [1.54, 1.807) is 37.8 Å². The molecule has 0 bridgehead atoms. The van der Waals surface area contributed by atoms with Gasteiger partial charge in [0.15, 0.2) is 23.0 Å². The molecule has 0 unspecified atom stereocenters. The summed E-state index contributed by atoms with van der Waals surface area (Å²) in [4.78, 5) is 25.5. The van der Waals surface area contributed by atoms with E-state index >= 15 is 0 Å². The van der Waals surface area contributed by atoms with Crippen molar-refractivity contribution in [2.75, 3.05) is 41.7 Å². The minimum atomic E-state index is -0.847. The van der Waals surface area contributed by atoms with E-state index < -0.39 is 18.0 Å². The summed E-state index contributed by atoms with van der Waals surface area (Å²) < 4.78 is 33.8. The smallest absolute Gasteiger partial charge is 0.345 e. The Balaban J connectivity index is 0.000000316. The maximum atomic E-state index is 12.9. The summed E-state index contributed by atoms with van der Waals surface area (Å²) in [7, 11) is 6.70. The SMILES string of the molecule is COc1ccc2c(c1OC)C(=O)O[C@@H]2[C@H]1c2c(cc3c(c2OC)OCO3)CCN1C.O=C(O)c1cccs1. The van der Waals surface area contributed by atoms with Crippen molar-refractivity contribution < 1.29 is 43.1 Å². The van der Waals surface area contributed by atoms with E-state index in [2.05, 4.69) is 4.90 Å². The number of benzene rings is 2. The molecule has 0 saturated heterocycles. The number of likely N-dealkylation sites (N-methyl/N-ethyl adjacent to an activating group) is 1. The Bertz CT molecular complexity index is 1370. The van der Waals surface area contributed by atoms with E-state index in [4.69, 9.17) is 33.5 Å². The number of carbonyl (C=O) groups is 2. The second-order valence-corrected chi connectivity index (χ2v) is 9.71. The van der Waals surface area contributed by atoms with Gasteiger partial charge < -0.3 is 33.5 Å². The number of esters is 1. The highest BCUT2D eigenvalue weighted by Crippen LogP contribution is 2.55. The van der Waals surface area contributed by atoms with Gasteiger partial charge in [0.2, 0.25) is 12.5 Å². The van der Waals surface area contributed by atoms with Gasteiger partial charge in [0.05, 0.1) is 27.4 Å². The lowest BCUT2D eigenvalue weighted by Crippen LogP contribution is -2.36. The van der Waals surface area contributed by atoms with E-state index in [1.165, 1.54) is 18.4 Å². The van der Waals surface area contributed by atoms with Gasteiger partial charge in [0.25, 0.3) is 0 Å². The van der Waals surface area contributed by atoms with E-state index in [0.29, 0.717) is 39.2 Å². The fourth-order valence-electron chi connectivity index (χ4n) is 5.11. The molecule has 2 aromatic carbocycles. The van der Waals surface area contributed by atoms with Crippen molar-refractivity contribution in [1.82, 2.24) is 4.90 Å². The third kappa shape index (κ3) is 4.27. The number of carboxylic acid groups (broad SMARTS) is 1. The van der Waals surface area contributed by atoms with Crippen molar-refractivity contribution in [3.05, 3.63) is 62.8 Å². The van der Waals surface area contributed by atoms with Crippen LogP contribution in [0.1, 0.15) is 48.9 Å². The van der Waals surface area contributed by atoms with Crippen LogP contribution in [0, 0.1) is 0 Å². The number of methoxy groups -OCH3 is 3. The molecule has 1 N–H and O–H groups in total. The molecule has 0 spiro atoms. The summed E-state index contributed by atoms with van der Waals surface area (Å²) in [6.45, 7) is 0.963. The van der Waals surface area contributed by atoms with Crippen LogP contribution < -0.4 is 23.7 Å². The highest BCUT2D eigenvalue weighted by molar-refractivity contribution is 7.11. The molecular weight excluding hydrogens is 514 g/mol. The van der Waals surface area contributed by atoms with Crippen LogP contribution in [0.4, 0.5) is 0 Å². The van der Waals surface area contributed by atoms with Crippen LogP contribution in [0.15, 0.2) is 35.7 Å². The molecule has 38 heavy (non-hydrogen) atoms. The molecule has 6 rings (SSSR count). The molecule has 1 aromatic heterocycles. The normalized spacial score (nSPS) is 19.0. The summed E-state index contributed by atoms with van der Waals surface area (Å²) in [5, 5.41) is 10.0. The Morgan fingerprint density at radius 2 is 1.89 bits per heavy atom. The number of fused-ring (bicyclic) bond motifs is 3. The first kappa shape index (κ1) is 25.7. The number of thiophene rings is 1. The Morgan fingerprint density at radius 3 is 2.53 bits per heavy atom. The zero-order valence-electron chi connectivity index (χ0n) is 21.3. The van der Waals surface area contributed by atoms with Gasteiger partial charge in [-0.25, -0.2) is 9.59 Å². The van der Waals surface area contributed by atoms with Gasteiger partial charge in [-0.2, -0.15) is 0 Å². The Morgan fingerprint density at radius 1 is 1.11 bits per heavy atom. The number of ether oxygens (including phenoxy) is 6. The lowest BCUT2D eigenvalue weighted by Gasteiger charge is -2.38. The molecule has 0 amide bonds. The van der Waals surface area contributed by atoms with Gasteiger partial charge >= 0.3 is 11.9 Å². The van der Waals surface area contributed by atoms with Crippen LogP contribution >= 0.6 is 11.3 Å². The topological polar surface area (TPSA) is 113 Å². The summed E-state index contributed by atoms with van der Waals surface area (Å²) in [6, 6.07) is 8.72. The van der Waals surface area contributed by atoms with Gasteiger partial charge in [-0.1, -0.05) is 12.1 Å². The number of rotatable bonds is 5. The van der Waals surface area contributed by atoms with Crippen molar-refractivity contribution in [3.63, 3.8) is 0 Å². The van der Waals surface area contributed by atoms with Crippen LogP contribution in [0.25, 0.3) is 0 Å². The highest BCUT2D eigenvalue weighted by Gasteiger charge is 2.46. The van der Waals surface area contributed by atoms with Gasteiger partial charge in [-0.15, -0.1) is 11.3 Å². The number of hydrogen-bond donors (Lipinski definition) is 1. The number of nitrogens with zero attached hydrogens (tertiary/aromatic N) is 1. The molecule has 0 radical (unpaired) electrons. The first-order valence-corrected chi connectivity index (χ1v) is 12.7. The quantitative estimate of drug-likeness (QED) is 0.469.